The molecule has 1 amide bonds. The van der Waals surface area contributed by atoms with Gasteiger partial charge in [0.2, 0.25) is 0 Å². The summed E-state index contributed by atoms with van der Waals surface area (Å²) in [7, 11) is 1.74. The lowest BCUT2D eigenvalue weighted by Crippen LogP contribution is -2.27. The topological polar surface area (TPSA) is 46.3 Å². The Morgan fingerprint density at radius 2 is 1.90 bits per heavy atom. The van der Waals surface area contributed by atoms with Gasteiger partial charge in [0.1, 0.15) is 0 Å². The molecule has 2 N–H and O–H groups in total. The minimum atomic E-state index is -0.109. The first-order valence-electron chi connectivity index (χ1n) is 6.34. The van der Waals surface area contributed by atoms with Gasteiger partial charge in [0.05, 0.1) is 10.6 Å². The first kappa shape index (κ1) is 14.4. The molecule has 0 aliphatic heterocycles. The summed E-state index contributed by atoms with van der Waals surface area (Å²) < 4.78 is 0. The summed E-state index contributed by atoms with van der Waals surface area (Å²) in [6, 6.07) is 13.0. The Balaban J connectivity index is 2.21. The summed E-state index contributed by atoms with van der Waals surface area (Å²) in [5, 5.41) is 0.505. The molecule has 0 bridgehead atoms. The third-order valence-corrected chi connectivity index (χ3v) is 3.73. The maximum atomic E-state index is 12.4. The van der Waals surface area contributed by atoms with Crippen LogP contribution in [0.3, 0.4) is 0 Å². The minimum absolute atomic E-state index is 0.109. The van der Waals surface area contributed by atoms with E-state index in [2.05, 4.69) is 0 Å². The molecule has 2 rings (SSSR count). The van der Waals surface area contributed by atoms with E-state index in [1.807, 2.05) is 43.3 Å². The van der Waals surface area contributed by atoms with Crippen molar-refractivity contribution in [2.24, 2.45) is 0 Å². The zero-order chi connectivity index (χ0) is 14.7. The SMILES string of the molecule is Cc1cccc(C(=O)N(C)Cc2ccccc2N)c1Cl. The fourth-order valence-corrected chi connectivity index (χ4v) is 2.23. The molecule has 0 radical (unpaired) electrons. The van der Waals surface area contributed by atoms with Crippen LogP contribution in [0.2, 0.25) is 5.02 Å². The Kier molecular flexibility index (Phi) is 4.30. The van der Waals surface area contributed by atoms with E-state index in [0.29, 0.717) is 22.8 Å². The van der Waals surface area contributed by atoms with E-state index in [1.165, 1.54) is 0 Å². The molecular formula is C16H17ClN2O. The van der Waals surface area contributed by atoms with Crippen molar-refractivity contribution in [2.75, 3.05) is 12.8 Å². The van der Waals surface area contributed by atoms with Crippen molar-refractivity contribution < 1.29 is 4.79 Å². The Hall–Kier alpha value is -2.00. The van der Waals surface area contributed by atoms with Gasteiger partial charge in [-0.2, -0.15) is 0 Å². The number of halogens is 1. The number of para-hydroxylation sites is 1. The van der Waals surface area contributed by atoms with Crippen LogP contribution >= 0.6 is 11.6 Å². The van der Waals surface area contributed by atoms with Crippen LogP contribution in [0.5, 0.6) is 0 Å². The standard InChI is InChI=1S/C16H17ClN2O/c1-11-6-5-8-13(15(11)17)16(20)19(2)10-12-7-3-4-9-14(12)18/h3-9H,10,18H2,1-2H3. The summed E-state index contributed by atoms with van der Waals surface area (Å²) in [5.41, 5.74) is 8.91. The van der Waals surface area contributed by atoms with Gasteiger partial charge in [-0.15, -0.1) is 0 Å². The third kappa shape index (κ3) is 2.94. The molecule has 20 heavy (non-hydrogen) atoms. The zero-order valence-corrected chi connectivity index (χ0v) is 12.3. The molecule has 0 saturated carbocycles. The van der Waals surface area contributed by atoms with Gasteiger partial charge >= 0.3 is 0 Å². The summed E-state index contributed by atoms with van der Waals surface area (Å²) in [5.74, 6) is -0.109. The summed E-state index contributed by atoms with van der Waals surface area (Å²) in [4.78, 5) is 14.1. The van der Waals surface area contributed by atoms with Crippen LogP contribution < -0.4 is 5.73 Å². The second-order valence-electron chi connectivity index (χ2n) is 4.80. The lowest BCUT2D eigenvalue weighted by atomic mass is 10.1. The molecular weight excluding hydrogens is 272 g/mol. The van der Waals surface area contributed by atoms with Crippen LogP contribution in [0.1, 0.15) is 21.5 Å². The fourth-order valence-electron chi connectivity index (χ4n) is 2.02. The molecule has 3 nitrogen and oxygen atoms in total. The number of carbonyl (C=O) groups excluding carboxylic acids is 1. The second-order valence-corrected chi connectivity index (χ2v) is 5.17. The molecule has 0 spiro atoms. The number of anilines is 1. The Bertz CT molecular complexity index is 640. The molecule has 0 unspecified atom stereocenters. The molecule has 0 atom stereocenters. The maximum Gasteiger partial charge on any atom is 0.255 e. The summed E-state index contributed by atoms with van der Waals surface area (Å²) in [6.45, 7) is 2.34. The van der Waals surface area contributed by atoms with Crippen molar-refractivity contribution in [1.29, 1.82) is 0 Å². The molecule has 4 heteroatoms. The van der Waals surface area contributed by atoms with Crippen molar-refractivity contribution in [2.45, 2.75) is 13.5 Å². The molecule has 0 fully saturated rings. The quantitative estimate of drug-likeness (QED) is 0.879. The lowest BCUT2D eigenvalue weighted by molar-refractivity contribution is 0.0785. The zero-order valence-electron chi connectivity index (χ0n) is 11.6. The van der Waals surface area contributed by atoms with Crippen LogP contribution in [0.4, 0.5) is 5.69 Å². The largest absolute Gasteiger partial charge is 0.398 e. The molecule has 104 valence electrons. The Labute approximate surface area is 124 Å². The van der Waals surface area contributed by atoms with E-state index in [-0.39, 0.29) is 5.91 Å². The first-order chi connectivity index (χ1) is 9.50. The fraction of sp³-hybridized carbons (Fsp3) is 0.188. The van der Waals surface area contributed by atoms with E-state index < -0.39 is 0 Å². The van der Waals surface area contributed by atoms with Crippen LogP contribution in [-0.2, 0) is 6.54 Å². The maximum absolute atomic E-state index is 12.4. The number of hydrogen-bond acceptors (Lipinski definition) is 2. The number of hydrogen-bond donors (Lipinski definition) is 1. The predicted octanol–water partition coefficient (Wildman–Crippen LogP) is 3.50. The molecule has 2 aromatic rings. The van der Waals surface area contributed by atoms with E-state index >= 15 is 0 Å². The molecule has 0 aliphatic carbocycles. The third-order valence-electron chi connectivity index (χ3n) is 3.23. The van der Waals surface area contributed by atoms with Gasteiger partial charge in [-0.3, -0.25) is 4.79 Å². The molecule has 0 aromatic heterocycles. The highest BCUT2D eigenvalue weighted by molar-refractivity contribution is 6.34. The predicted molar refractivity (Wildman–Crippen MR) is 82.8 cm³/mol. The number of aryl methyl sites for hydroxylation is 1. The number of carbonyl (C=O) groups is 1. The molecule has 0 heterocycles. The van der Waals surface area contributed by atoms with Crippen molar-refractivity contribution in [3.05, 3.63) is 64.2 Å². The first-order valence-corrected chi connectivity index (χ1v) is 6.72. The van der Waals surface area contributed by atoms with Crippen LogP contribution in [0, 0.1) is 6.92 Å². The van der Waals surface area contributed by atoms with E-state index in [0.717, 1.165) is 11.1 Å². The van der Waals surface area contributed by atoms with Crippen LogP contribution in [0.15, 0.2) is 42.5 Å². The van der Waals surface area contributed by atoms with Gasteiger partial charge in [-0.25, -0.2) is 0 Å². The minimum Gasteiger partial charge on any atom is -0.398 e. The second kappa shape index (κ2) is 5.97. The highest BCUT2D eigenvalue weighted by atomic mass is 35.5. The molecule has 0 saturated heterocycles. The highest BCUT2D eigenvalue weighted by Gasteiger charge is 2.16. The van der Waals surface area contributed by atoms with E-state index in [9.17, 15) is 4.79 Å². The van der Waals surface area contributed by atoms with Crippen molar-refractivity contribution >= 4 is 23.2 Å². The van der Waals surface area contributed by atoms with E-state index in [4.69, 9.17) is 17.3 Å². The van der Waals surface area contributed by atoms with Crippen molar-refractivity contribution in [1.82, 2.24) is 4.90 Å². The number of rotatable bonds is 3. The average Bonchev–Trinajstić information content (AvgIpc) is 2.43. The number of nitrogens with two attached hydrogens (primary N) is 1. The van der Waals surface area contributed by atoms with Gasteiger partial charge in [-0.05, 0) is 30.2 Å². The van der Waals surface area contributed by atoms with Crippen LogP contribution in [0.25, 0.3) is 0 Å². The van der Waals surface area contributed by atoms with Crippen molar-refractivity contribution in [3.63, 3.8) is 0 Å². The molecule has 2 aromatic carbocycles. The van der Waals surface area contributed by atoms with E-state index in [1.54, 1.807) is 18.0 Å². The average molecular weight is 289 g/mol. The number of amides is 1. The Morgan fingerprint density at radius 3 is 2.60 bits per heavy atom. The monoisotopic (exact) mass is 288 g/mol. The van der Waals surface area contributed by atoms with Gasteiger partial charge < -0.3 is 10.6 Å². The highest BCUT2D eigenvalue weighted by Crippen LogP contribution is 2.22. The number of benzene rings is 2. The smallest absolute Gasteiger partial charge is 0.255 e. The van der Waals surface area contributed by atoms with Gasteiger partial charge in [-0.1, -0.05) is 41.9 Å². The number of nitrogens with zero attached hydrogens (tertiary/aromatic N) is 1. The number of nitrogen functional groups attached to an aromatic ring is 1. The van der Waals surface area contributed by atoms with Gasteiger partial charge in [0.25, 0.3) is 5.91 Å². The Morgan fingerprint density at radius 1 is 1.20 bits per heavy atom. The summed E-state index contributed by atoms with van der Waals surface area (Å²) in [6.07, 6.45) is 0. The van der Waals surface area contributed by atoms with Crippen molar-refractivity contribution in [3.8, 4) is 0 Å². The lowest BCUT2D eigenvalue weighted by Gasteiger charge is -2.19. The molecule has 0 aliphatic rings. The van der Waals surface area contributed by atoms with Gasteiger partial charge in [0, 0.05) is 19.3 Å². The summed E-state index contributed by atoms with van der Waals surface area (Å²) >= 11 is 6.19. The van der Waals surface area contributed by atoms with Gasteiger partial charge in [0.15, 0.2) is 0 Å². The van der Waals surface area contributed by atoms with Crippen LogP contribution in [-0.4, -0.2) is 17.9 Å². The normalized spacial score (nSPS) is 10.3.